The van der Waals surface area contributed by atoms with Gasteiger partial charge in [-0.15, -0.1) is 0 Å². The molecule has 1 fully saturated rings. The molecule has 2 aromatic rings. The fourth-order valence-electron chi connectivity index (χ4n) is 3.28. The number of rotatable bonds is 4. The van der Waals surface area contributed by atoms with Gasteiger partial charge in [0.15, 0.2) is 0 Å². The third-order valence-corrected chi connectivity index (χ3v) is 5.07. The highest BCUT2D eigenvalue weighted by molar-refractivity contribution is 5.73. The van der Waals surface area contributed by atoms with Gasteiger partial charge in [-0.3, -0.25) is 10.1 Å². The van der Waals surface area contributed by atoms with E-state index in [9.17, 15) is 4.79 Å². The van der Waals surface area contributed by atoms with Gasteiger partial charge in [0, 0.05) is 32.1 Å². The predicted octanol–water partition coefficient (Wildman–Crippen LogP) is 3.22. The van der Waals surface area contributed by atoms with E-state index in [4.69, 9.17) is 4.74 Å². The number of carbonyl (C=O) groups is 1. The Labute approximate surface area is 161 Å². The molecule has 0 atom stereocenters. The summed E-state index contributed by atoms with van der Waals surface area (Å²) in [6.07, 6.45) is 1.64. The molecule has 0 bridgehead atoms. The van der Waals surface area contributed by atoms with Crippen molar-refractivity contribution >= 4 is 5.91 Å². The number of nitrogens with zero attached hydrogens (tertiary/aromatic N) is 1. The molecule has 1 amide bonds. The Morgan fingerprint density at radius 2 is 1.78 bits per heavy atom. The summed E-state index contributed by atoms with van der Waals surface area (Å²) >= 11 is 0. The van der Waals surface area contributed by atoms with E-state index in [0.717, 1.165) is 43.8 Å². The maximum absolute atomic E-state index is 11.7. The Balaban J connectivity index is 1.75. The van der Waals surface area contributed by atoms with Gasteiger partial charge in [-0.05, 0) is 42.7 Å². The van der Waals surface area contributed by atoms with Crippen molar-refractivity contribution in [3.8, 4) is 17.6 Å². The average Bonchev–Trinajstić information content (AvgIpc) is 2.72. The van der Waals surface area contributed by atoms with Crippen molar-refractivity contribution in [2.45, 2.75) is 31.8 Å². The smallest absolute Gasteiger partial charge is 0.219 e. The summed E-state index contributed by atoms with van der Waals surface area (Å²) in [5, 5.41) is 3.67. The summed E-state index contributed by atoms with van der Waals surface area (Å²) in [5.74, 6) is 7.79. The Morgan fingerprint density at radius 1 is 1.11 bits per heavy atom. The van der Waals surface area contributed by atoms with Crippen molar-refractivity contribution in [2.24, 2.45) is 0 Å². The molecule has 0 saturated carbocycles. The van der Waals surface area contributed by atoms with Crippen LogP contribution in [0.25, 0.3) is 0 Å². The van der Waals surface area contributed by atoms with Gasteiger partial charge >= 0.3 is 0 Å². The zero-order valence-corrected chi connectivity index (χ0v) is 16.0. The van der Waals surface area contributed by atoms with Crippen molar-refractivity contribution in [1.29, 1.82) is 0 Å². The zero-order valence-electron chi connectivity index (χ0n) is 16.0. The average molecular weight is 362 g/mol. The van der Waals surface area contributed by atoms with Crippen LogP contribution in [0.1, 0.15) is 30.9 Å². The predicted molar refractivity (Wildman–Crippen MR) is 107 cm³/mol. The molecule has 27 heavy (non-hydrogen) atoms. The summed E-state index contributed by atoms with van der Waals surface area (Å²) in [7, 11) is 1.67. The Kier molecular flexibility index (Phi) is 6.16. The number of benzene rings is 2. The van der Waals surface area contributed by atoms with E-state index in [-0.39, 0.29) is 11.4 Å². The molecule has 0 radical (unpaired) electrons. The highest BCUT2D eigenvalue weighted by Crippen LogP contribution is 2.23. The number of ether oxygens (including phenoxy) is 1. The summed E-state index contributed by atoms with van der Waals surface area (Å²) in [6, 6.07) is 18.1. The van der Waals surface area contributed by atoms with Crippen LogP contribution in [-0.2, 0) is 11.3 Å². The normalized spacial score (nSPS) is 15.6. The maximum atomic E-state index is 11.7. The molecule has 0 aliphatic carbocycles. The third kappa shape index (κ3) is 5.12. The Morgan fingerprint density at radius 3 is 2.37 bits per heavy atom. The molecule has 1 aliphatic rings. The van der Waals surface area contributed by atoms with Crippen LogP contribution in [0.2, 0.25) is 0 Å². The summed E-state index contributed by atoms with van der Waals surface area (Å²) < 4.78 is 5.23. The first-order chi connectivity index (χ1) is 13.1. The lowest BCUT2D eigenvalue weighted by Crippen LogP contribution is -2.53. The van der Waals surface area contributed by atoms with E-state index in [2.05, 4.69) is 29.3 Å². The number of hydrogen-bond donors (Lipinski definition) is 1. The second-order valence-electron chi connectivity index (χ2n) is 6.91. The van der Waals surface area contributed by atoms with E-state index in [1.807, 2.05) is 47.4 Å². The van der Waals surface area contributed by atoms with Crippen LogP contribution in [0.15, 0.2) is 54.6 Å². The second kappa shape index (κ2) is 8.75. The molecule has 140 valence electrons. The molecule has 4 heteroatoms. The van der Waals surface area contributed by atoms with Crippen LogP contribution in [0, 0.1) is 11.8 Å². The van der Waals surface area contributed by atoms with E-state index in [0.29, 0.717) is 0 Å². The summed E-state index contributed by atoms with van der Waals surface area (Å²) in [6.45, 7) is 3.82. The number of amides is 1. The van der Waals surface area contributed by atoms with Gasteiger partial charge in [0.1, 0.15) is 5.75 Å². The van der Waals surface area contributed by atoms with Crippen molar-refractivity contribution in [1.82, 2.24) is 10.2 Å². The van der Waals surface area contributed by atoms with Crippen molar-refractivity contribution in [2.75, 3.05) is 20.2 Å². The number of methoxy groups -OCH3 is 1. The fourth-order valence-corrected chi connectivity index (χ4v) is 3.28. The van der Waals surface area contributed by atoms with Crippen molar-refractivity contribution in [3.63, 3.8) is 0 Å². The first-order valence-corrected chi connectivity index (χ1v) is 9.32. The topological polar surface area (TPSA) is 41.6 Å². The van der Waals surface area contributed by atoms with Crippen LogP contribution >= 0.6 is 0 Å². The standard InChI is InChI=1S/C23H26N2O2/c1-19(26)25-16-14-23(15-17-25,13-12-20-6-4-3-5-7-20)24-18-21-8-10-22(27-2)11-9-21/h3-11,24H,14-18H2,1-2H3. The molecule has 0 unspecified atom stereocenters. The second-order valence-corrected chi connectivity index (χ2v) is 6.91. The molecular weight excluding hydrogens is 336 g/mol. The molecule has 0 spiro atoms. The molecule has 4 nitrogen and oxygen atoms in total. The molecule has 1 N–H and O–H groups in total. The molecule has 3 rings (SSSR count). The highest BCUT2D eigenvalue weighted by atomic mass is 16.5. The number of carbonyl (C=O) groups excluding carboxylic acids is 1. The van der Waals surface area contributed by atoms with Gasteiger partial charge < -0.3 is 9.64 Å². The first kappa shape index (κ1) is 19.0. The Hall–Kier alpha value is -2.77. The van der Waals surface area contributed by atoms with Gasteiger partial charge in [0.05, 0.1) is 12.6 Å². The van der Waals surface area contributed by atoms with E-state index in [1.54, 1.807) is 14.0 Å². The number of likely N-dealkylation sites (tertiary alicyclic amines) is 1. The minimum Gasteiger partial charge on any atom is -0.497 e. The molecule has 1 aliphatic heterocycles. The minimum atomic E-state index is -0.290. The van der Waals surface area contributed by atoms with Crippen molar-refractivity contribution < 1.29 is 9.53 Å². The molecule has 2 aromatic carbocycles. The van der Waals surface area contributed by atoms with E-state index >= 15 is 0 Å². The van der Waals surface area contributed by atoms with Gasteiger partial charge in [0.25, 0.3) is 0 Å². The van der Waals surface area contributed by atoms with E-state index in [1.165, 1.54) is 5.56 Å². The monoisotopic (exact) mass is 362 g/mol. The first-order valence-electron chi connectivity index (χ1n) is 9.32. The molecule has 0 aromatic heterocycles. The molecule has 1 heterocycles. The van der Waals surface area contributed by atoms with Gasteiger partial charge in [-0.1, -0.05) is 42.2 Å². The van der Waals surface area contributed by atoms with Crippen LogP contribution in [0.4, 0.5) is 0 Å². The summed E-state index contributed by atoms with van der Waals surface area (Å²) in [5.41, 5.74) is 1.91. The number of nitrogens with one attached hydrogen (secondary N) is 1. The van der Waals surface area contributed by atoms with Gasteiger partial charge in [-0.2, -0.15) is 0 Å². The summed E-state index contributed by atoms with van der Waals surface area (Å²) in [4.78, 5) is 13.6. The van der Waals surface area contributed by atoms with Crippen LogP contribution in [0.5, 0.6) is 5.75 Å². The van der Waals surface area contributed by atoms with Crippen LogP contribution < -0.4 is 10.1 Å². The minimum absolute atomic E-state index is 0.134. The number of piperidine rings is 1. The largest absolute Gasteiger partial charge is 0.497 e. The lowest BCUT2D eigenvalue weighted by atomic mass is 9.87. The lowest BCUT2D eigenvalue weighted by Gasteiger charge is -2.39. The van der Waals surface area contributed by atoms with Crippen LogP contribution in [0.3, 0.4) is 0 Å². The molecule has 1 saturated heterocycles. The molecular formula is C23H26N2O2. The van der Waals surface area contributed by atoms with Gasteiger partial charge in [0.2, 0.25) is 5.91 Å². The van der Waals surface area contributed by atoms with Gasteiger partial charge in [-0.25, -0.2) is 0 Å². The SMILES string of the molecule is COc1ccc(CNC2(C#Cc3ccccc3)CCN(C(C)=O)CC2)cc1. The Bertz CT molecular complexity index is 811. The van der Waals surface area contributed by atoms with Crippen molar-refractivity contribution in [3.05, 3.63) is 65.7 Å². The highest BCUT2D eigenvalue weighted by Gasteiger charge is 2.33. The van der Waals surface area contributed by atoms with E-state index < -0.39 is 0 Å². The van der Waals surface area contributed by atoms with Crippen LogP contribution in [-0.4, -0.2) is 36.5 Å². The third-order valence-electron chi connectivity index (χ3n) is 5.07. The fraction of sp³-hybridized carbons (Fsp3) is 0.348. The zero-order chi connectivity index (χ0) is 19.1. The quantitative estimate of drug-likeness (QED) is 0.849. The maximum Gasteiger partial charge on any atom is 0.219 e. The number of hydrogen-bond acceptors (Lipinski definition) is 3. The lowest BCUT2D eigenvalue weighted by molar-refractivity contribution is -0.130.